The van der Waals surface area contributed by atoms with Crippen LogP contribution in [0.2, 0.25) is 10.0 Å². The van der Waals surface area contributed by atoms with Gasteiger partial charge in [0, 0.05) is 22.4 Å². The first kappa shape index (κ1) is 14.7. The second kappa shape index (κ2) is 6.27. The lowest BCUT2D eigenvalue weighted by atomic mass is 9.91. The smallest absolute Gasteiger partial charge is 0.125 e. The third kappa shape index (κ3) is 3.03. The Hall–Kier alpha value is -1.22. The molecule has 1 heterocycles. The molecule has 1 aliphatic rings. The van der Waals surface area contributed by atoms with Gasteiger partial charge < -0.3 is 9.84 Å². The van der Waals surface area contributed by atoms with Gasteiger partial charge in [-0.3, -0.25) is 0 Å². The standard InChI is InChI=1S/C17H16Cl2O2/c18-14-8-11-5-6-21-17(11)12(9-14)7-13(10-20)15-3-1-2-4-16(15)19/h1-4,8-9,13,20H,5-7,10H2. The Balaban J connectivity index is 1.94. The summed E-state index contributed by atoms with van der Waals surface area (Å²) in [4.78, 5) is 0. The summed E-state index contributed by atoms with van der Waals surface area (Å²) in [5, 5.41) is 11.1. The first-order chi connectivity index (χ1) is 10.2. The summed E-state index contributed by atoms with van der Waals surface area (Å²) in [5.74, 6) is 0.857. The van der Waals surface area contributed by atoms with Gasteiger partial charge in [0.05, 0.1) is 13.2 Å². The monoisotopic (exact) mass is 322 g/mol. The van der Waals surface area contributed by atoms with Gasteiger partial charge in [-0.2, -0.15) is 0 Å². The second-order valence-electron chi connectivity index (χ2n) is 5.26. The number of ether oxygens (including phenoxy) is 1. The maximum atomic E-state index is 9.75. The molecule has 0 spiro atoms. The fourth-order valence-electron chi connectivity index (χ4n) is 2.84. The highest BCUT2D eigenvalue weighted by Crippen LogP contribution is 2.36. The van der Waals surface area contributed by atoms with Crippen LogP contribution in [0.3, 0.4) is 0 Å². The van der Waals surface area contributed by atoms with E-state index >= 15 is 0 Å². The lowest BCUT2D eigenvalue weighted by Gasteiger charge is -2.18. The van der Waals surface area contributed by atoms with E-state index in [9.17, 15) is 5.11 Å². The van der Waals surface area contributed by atoms with E-state index in [2.05, 4.69) is 0 Å². The highest BCUT2D eigenvalue weighted by Gasteiger charge is 2.21. The predicted octanol–water partition coefficient (Wildman–Crippen LogP) is 4.25. The quantitative estimate of drug-likeness (QED) is 0.911. The molecule has 2 aromatic rings. The van der Waals surface area contributed by atoms with Crippen LogP contribution in [-0.2, 0) is 12.8 Å². The molecule has 0 saturated heterocycles. The molecule has 0 bridgehead atoms. The third-order valence-corrected chi connectivity index (χ3v) is 4.42. The number of hydrogen-bond donors (Lipinski definition) is 1. The molecule has 4 heteroatoms. The van der Waals surface area contributed by atoms with Crippen molar-refractivity contribution >= 4 is 23.2 Å². The SMILES string of the molecule is OCC(Cc1cc(Cl)cc2c1OCC2)c1ccccc1Cl. The molecule has 1 aliphatic heterocycles. The molecule has 0 saturated carbocycles. The highest BCUT2D eigenvalue weighted by molar-refractivity contribution is 6.31. The van der Waals surface area contributed by atoms with Gasteiger partial charge in [-0.05, 0) is 41.3 Å². The normalized spacial score (nSPS) is 14.6. The average Bonchev–Trinajstić information content (AvgIpc) is 2.93. The van der Waals surface area contributed by atoms with Crippen LogP contribution in [-0.4, -0.2) is 18.3 Å². The number of fused-ring (bicyclic) bond motifs is 1. The number of hydrogen-bond acceptors (Lipinski definition) is 2. The van der Waals surface area contributed by atoms with Crippen molar-refractivity contribution in [2.75, 3.05) is 13.2 Å². The molecule has 0 aromatic heterocycles. The maximum absolute atomic E-state index is 9.75. The van der Waals surface area contributed by atoms with Crippen molar-refractivity contribution in [2.45, 2.75) is 18.8 Å². The molecule has 2 aromatic carbocycles. The molecule has 1 atom stereocenters. The number of aliphatic hydroxyl groups excluding tert-OH is 1. The lowest BCUT2D eigenvalue weighted by Crippen LogP contribution is -2.09. The molecule has 0 amide bonds. The van der Waals surface area contributed by atoms with Crippen molar-refractivity contribution in [2.24, 2.45) is 0 Å². The van der Waals surface area contributed by atoms with Crippen LogP contribution in [0.15, 0.2) is 36.4 Å². The highest BCUT2D eigenvalue weighted by atomic mass is 35.5. The topological polar surface area (TPSA) is 29.5 Å². The Kier molecular flexibility index (Phi) is 4.39. The first-order valence-electron chi connectivity index (χ1n) is 6.98. The minimum absolute atomic E-state index is 0.0328. The molecule has 1 unspecified atom stereocenters. The Labute approximate surface area is 134 Å². The van der Waals surface area contributed by atoms with Gasteiger partial charge in [0.2, 0.25) is 0 Å². The Morgan fingerprint density at radius 2 is 2.00 bits per heavy atom. The zero-order valence-electron chi connectivity index (χ0n) is 11.5. The second-order valence-corrected chi connectivity index (χ2v) is 6.10. The van der Waals surface area contributed by atoms with Crippen molar-refractivity contribution in [1.82, 2.24) is 0 Å². The number of benzene rings is 2. The molecule has 21 heavy (non-hydrogen) atoms. The van der Waals surface area contributed by atoms with E-state index in [4.69, 9.17) is 27.9 Å². The predicted molar refractivity (Wildman–Crippen MR) is 85.6 cm³/mol. The molecule has 110 valence electrons. The van der Waals surface area contributed by atoms with E-state index in [1.54, 1.807) is 0 Å². The Morgan fingerprint density at radius 3 is 2.76 bits per heavy atom. The summed E-state index contributed by atoms with van der Waals surface area (Å²) in [6, 6.07) is 11.5. The van der Waals surface area contributed by atoms with Gasteiger partial charge in [0.1, 0.15) is 5.75 Å². The molecular formula is C17H16Cl2O2. The van der Waals surface area contributed by atoms with Crippen molar-refractivity contribution in [1.29, 1.82) is 0 Å². The van der Waals surface area contributed by atoms with Crippen LogP contribution in [0.5, 0.6) is 5.75 Å². The number of rotatable bonds is 4. The largest absolute Gasteiger partial charge is 0.493 e. The summed E-state index contributed by atoms with van der Waals surface area (Å²) in [6.07, 6.45) is 1.54. The van der Waals surface area contributed by atoms with Crippen LogP contribution in [0, 0.1) is 0 Å². The number of halogens is 2. The van der Waals surface area contributed by atoms with Gasteiger partial charge in [-0.1, -0.05) is 41.4 Å². The van der Waals surface area contributed by atoms with Crippen LogP contribution in [0.1, 0.15) is 22.6 Å². The van der Waals surface area contributed by atoms with Gasteiger partial charge in [0.15, 0.2) is 0 Å². The summed E-state index contributed by atoms with van der Waals surface area (Å²) in [6.45, 7) is 0.726. The van der Waals surface area contributed by atoms with Gasteiger partial charge in [0.25, 0.3) is 0 Å². The van der Waals surface area contributed by atoms with E-state index < -0.39 is 0 Å². The van der Waals surface area contributed by atoms with E-state index in [0.717, 1.165) is 28.9 Å². The van der Waals surface area contributed by atoms with Crippen molar-refractivity contribution in [3.63, 3.8) is 0 Å². The molecule has 0 radical (unpaired) electrons. The maximum Gasteiger partial charge on any atom is 0.125 e. The lowest BCUT2D eigenvalue weighted by molar-refractivity contribution is 0.263. The van der Waals surface area contributed by atoms with Crippen molar-refractivity contribution < 1.29 is 9.84 Å². The molecule has 0 fully saturated rings. The van der Waals surface area contributed by atoms with Crippen LogP contribution in [0.25, 0.3) is 0 Å². The Bertz CT molecular complexity index is 655. The fourth-order valence-corrected chi connectivity index (χ4v) is 3.40. The summed E-state index contributed by atoms with van der Waals surface area (Å²) < 4.78 is 5.72. The van der Waals surface area contributed by atoms with Gasteiger partial charge in [-0.25, -0.2) is 0 Å². The van der Waals surface area contributed by atoms with Crippen LogP contribution < -0.4 is 4.74 Å². The van der Waals surface area contributed by atoms with Gasteiger partial charge >= 0.3 is 0 Å². The van der Waals surface area contributed by atoms with Crippen molar-refractivity contribution in [3.05, 3.63) is 63.1 Å². The minimum Gasteiger partial charge on any atom is -0.493 e. The van der Waals surface area contributed by atoms with Crippen molar-refractivity contribution in [3.8, 4) is 5.75 Å². The van der Waals surface area contributed by atoms with Crippen LogP contribution in [0.4, 0.5) is 0 Å². The fraction of sp³-hybridized carbons (Fsp3) is 0.294. The van der Waals surface area contributed by atoms with Gasteiger partial charge in [-0.15, -0.1) is 0 Å². The Morgan fingerprint density at radius 1 is 1.19 bits per heavy atom. The average molecular weight is 323 g/mol. The number of aliphatic hydroxyl groups is 1. The first-order valence-corrected chi connectivity index (χ1v) is 7.74. The molecular weight excluding hydrogens is 307 g/mol. The van der Waals surface area contributed by atoms with E-state index in [-0.39, 0.29) is 12.5 Å². The summed E-state index contributed by atoms with van der Waals surface area (Å²) in [5.41, 5.74) is 3.13. The molecule has 0 aliphatic carbocycles. The summed E-state index contributed by atoms with van der Waals surface area (Å²) in [7, 11) is 0. The minimum atomic E-state index is -0.0644. The molecule has 3 rings (SSSR count). The zero-order valence-corrected chi connectivity index (χ0v) is 13.0. The van der Waals surface area contributed by atoms with E-state index in [1.807, 2.05) is 36.4 Å². The van der Waals surface area contributed by atoms with Crippen LogP contribution >= 0.6 is 23.2 Å². The zero-order chi connectivity index (χ0) is 14.8. The third-order valence-electron chi connectivity index (χ3n) is 3.86. The molecule has 2 nitrogen and oxygen atoms in total. The van der Waals surface area contributed by atoms with E-state index in [0.29, 0.717) is 23.1 Å². The molecule has 1 N–H and O–H groups in total. The van der Waals surface area contributed by atoms with E-state index in [1.165, 1.54) is 0 Å². The summed E-state index contributed by atoms with van der Waals surface area (Å²) >= 11 is 12.4.